The summed E-state index contributed by atoms with van der Waals surface area (Å²) in [5.74, 6) is -0.246. The molecule has 0 radical (unpaired) electrons. The standard InChI is InChI=1S/C15H20FN3OS/c1-4-10-8-18-15(21-10)9(3)19-13-7-14(20-5-2)11(16)6-12(13)17/h6-9,19H,4-5,17H2,1-3H3. The molecule has 0 amide bonds. The highest BCUT2D eigenvalue weighted by Gasteiger charge is 2.14. The minimum atomic E-state index is -0.449. The summed E-state index contributed by atoms with van der Waals surface area (Å²) < 4.78 is 18.9. The van der Waals surface area contributed by atoms with Crippen LogP contribution in [0, 0.1) is 5.82 Å². The van der Waals surface area contributed by atoms with Crippen LogP contribution in [0.25, 0.3) is 0 Å². The van der Waals surface area contributed by atoms with Gasteiger partial charge >= 0.3 is 0 Å². The molecule has 1 heterocycles. The van der Waals surface area contributed by atoms with Gasteiger partial charge in [-0.25, -0.2) is 9.37 Å². The molecule has 1 atom stereocenters. The van der Waals surface area contributed by atoms with Gasteiger partial charge in [0.2, 0.25) is 0 Å². The van der Waals surface area contributed by atoms with E-state index in [1.165, 1.54) is 10.9 Å². The number of hydrogen-bond donors (Lipinski definition) is 2. The number of halogens is 1. The van der Waals surface area contributed by atoms with E-state index in [0.717, 1.165) is 11.4 Å². The average molecular weight is 309 g/mol. The summed E-state index contributed by atoms with van der Waals surface area (Å²) in [6.45, 7) is 6.32. The van der Waals surface area contributed by atoms with Gasteiger partial charge in [-0.3, -0.25) is 0 Å². The van der Waals surface area contributed by atoms with Crippen LogP contribution in [-0.4, -0.2) is 11.6 Å². The quantitative estimate of drug-likeness (QED) is 0.792. The number of nitrogens with one attached hydrogen (secondary N) is 1. The Morgan fingerprint density at radius 2 is 2.19 bits per heavy atom. The fraction of sp³-hybridized carbons (Fsp3) is 0.400. The third-order valence-electron chi connectivity index (χ3n) is 3.07. The van der Waals surface area contributed by atoms with Crippen LogP contribution in [0.5, 0.6) is 5.75 Å². The Labute approximate surface area is 128 Å². The van der Waals surface area contributed by atoms with Gasteiger partial charge in [-0.05, 0) is 20.3 Å². The van der Waals surface area contributed by atoms with E-state index in [2.05, 4.69) is 17.2 Å². The molecule has 0 aliphatic carbocycles. The lowest BCUT2D eigenvalue weighted by atomic mass is 10.2. The van der Waals surface area contributed by atoms with Crippen LogP contribution in [0.2, 0.25) is 0 Å². The summed E-state index contributed by atoms with van der Waals surface area (Å²) in [7, 11) is 0. The second-order valence-corrected chi connectivity index (χ2v) is 5.83. The first-order chi connectivity index (χ1) is 10.0. The Kier molecular flexibility index (Phi) is 5.01. The molecule has 0 saturated heterocycles. The van der Waals surface area contributed by atoms with E-state index >= 15 is 0 Å². The van der Waals surface area contributed by atoms with Crippen molar-refractivity contribution in [1.29, 1.82) is 0 Å². The van der Waals surface area contributed by atoms with Crippen LogP contribution in [-0.2, 0) is 6.42 Å². The Morgan fingerprint density at radius 1 is 1.43 bits per heavy atom. The van der Waals surface area contributed by atoms with Crippen molar-refractivity contribution in [2.24, 2.45) is 0 Å². The second kappa shape index (κ2) is 6.76. The summed E-state index contributed by atoms with van der Waals surface area (Å²) in [5, 5.41) is 4.25. The van der Waals surface area contributed by atoms with Crippen molar-refractivity contribution in [3.63, 3.8) is 0 Å². The molecule has 0 aliphatic rings. The van der Waals surface area contributed by atoms with E-state index in [-0.39, 0.29) is 11.8 Å². The van der Waals surface area contributed by atoms with E-state index in [1.54, 1.807) is 17.4 Å². The van der Waals surface area contributed by atoms with Gasteiger partial charge in [0.05, 0.1) is 24.0 Å². The maximum atomic E-state index is 13.7. The van der Waals surface area contributed by atoms with E-state index in [0.29, 0.717) is 18.0 Å². The summed E-state index contributed by atoms with van der Waals surface area (Å²) in [6, 6.07) is 2.87. The maximum absolute atomic E-state index is 13.7. The van der Waals surface area contributed by atoms with Gasteiger partial charge < -0.3 is 15.8 Å². The molecule has 0 fully saturated rings. The molecule has 114 valence electrons. The highest BCUT2D eigenvalue weighted by Crippen LogP contribution is 2.31. The number of benzene rings is 1. The number of aryl methyl sites for hydroxylation is 1. The summed E-state index contributed by atoms with van der Waals surface area (Å²) in [4.78, 5) is 5.64. The van der Waals surface area contributed by atoms with Crippen molar-refractivity contribution >= 4 is 22.7 Å². The van der Waals surface area contributed by atoms with Crippen LogP contribution in [0.1, 0.15) is 36.7 Å². The molecule has 0 bridgehead atoms. The summed E-state index contributed by atoms with van der Waals surface area (Å²) in [6.07, 6.45) is 2.86. The number of aromatic nitrogens is 1. The minimum absolute atomic E-state index is 0.00228. The molecule has 4 nitrogen and oxygen atoms in total. The van der Waals surface area contributed by atoms with Crippen molar-refractivity contribution in [3.05, 3.63) is 34.0 Å². The molecule has 0 saturated carbocycles. The van der Waals surface area contributed by atoms with Gasteiger partial charge in [-0.15, -0.1) is 11.3 Å². The molecule has 1 aromatic carbocycles. The van der Waals surface area contributed by atoms with Crippen LogP contribution >= 0.6 is 11.3 Å². The molecule has 2 rings (SSSR count). The highest BCUT2D eigenvalue weighted by atomic mass is 32.1. The molecular weight excluding hydrogens is 289 g/mol. The lowest BCUT2D eigenvalue weighted by molar-refractivity contribution is 0.322. The Hall–Kier alpha value is -1.82. The average Bonchev–Trinajstić information content (AvgIpc) is 2.93. The van der Waals surface area contributed by atoms with Gasteiger partial charge in [-0.1, -0.05) is 6.92 Å². The first-order valence-corrected chi connectivity index (χ1v) is 7.79. The van der Waals surface area contributed by atoms with Crippen molar-refractivity contribution in [2.75, 3.05) is 17.7 Å². The van der Waals surface area contributed by atoms with Gasteiger partial charge in [0.1, 0.15) is 5.01 Å². The third-order valence-corrected chi connectivity index (χ3v) is 4.39. The van der Waals surface area contributed by atoms with Crippen LogP contribution in [0.3, 0.4) is 0 Å². The first kappa shape index (κ1) is 15.6. The largest absolute Gasteiger partial charge is 0.491 e. The number of thiazole rings is 1. The molecule has 0 aliphatic heterocycles. The smallest absolute Gasteiger partial charge is 0.167 e. The molecule has 3 N–H and O–H groups in total. The first-order valence-electron chi connectivity index (χ1n) is 6.98. The molecule has 2 aromatic rings. The van der Waals surface area contributed by atoms with Crippen LogP contribution < -0.4 is 15.8 Å². The number of hydrogen-bond acceptors (Lipinski definition) is 5. The lowest BCUT2D eigenvalue weighted by Crippen LogP contribution is -2.09. The molecular formula is C15H20FN3OS. The monoisotopic (exact) mass is 309 g/mol. The number of nitrogen functional groups attached to an aromatic ring is 1. The summed E-state index contributed by atoms with van der Waals surface area (Å²) in [5.41, 5.74) is 6.88. The zero-order valence-corrected chi connectivity index (χ0v) is 13.3. The zero-order chi connectivity index (χ0) is 15.4. The minimum Gasteiger partial charge on any atom is -0.491 e. The third kappa shape index (κ3) is 3.64. The molecule has 21 heavy (non-hydrogen) atoms. The van der Waals surface area contributed by atoms with Gasteiger partial charge in [0, 0.05) is 23.2 Å². The molecule has 1 aromatic heterocycles. The Bertz CT molecular complexity index is 615. The normalized spacial score (nSPS) is 12.2. The fourth-order valence-electron chi connectivity index (χ4n) is 1.94. The molecule has 1 unspecified atom stereocenters. The second-order valence-electron chi connectivity index (χ2n) is 4.69. The molecule has 6 heteroatoms. The van der Waals surface area contributed by atoms with Gasteiger partial charge in [0.25, 0.3) is 0 Å². The van der Waals surface area contributed by atoms with E-state index < -0.39 is 5.82 Å². The SMILES string of the molecule is CCOc1cc(NC(C)c2ncc(CC)s2)c(N)cc1F. The van der Waals surface area contributed by atoms with E-state index in [9.17, 15) is 4.39 Å². The predicted octanol–water partition coefficient (Wildman–Crippen LogP) is 4.00. The maximum Gasteiger partial charge on any atom is 0.167 e. The van der Waals surface area contributed by atoms with Gasteiger partial charge in [0.15, 0.2) is 11.6 Å². The van der Waals surface area contributed by atoms with Crippen molar-refractivity contribution in [1.82, 2.24) is 4.98 Å². The van der Waals surface area contributed by atoms with Crippen molar-refractivity contribution in [2.45, 2.75) is 33.2 Å². The van der Waals surface area contributed by atoms with E-state index in [4.69, 9.17) is 10.5 Å². The highest BCUT2D eigenvalue weighted by molar-refractivity contribution is 7.11. The van der Waals surface area contributed by atoms with Crippen molar-refractivity contribution in [3.8, 4) is 5.75 Å². The lowest BCUT2D eigenvalue weighted by Gasteiger charge is -2.16. The predicted molar refractivity (Wildman–Crippen MR) is 85.5 cm³/mol. The number of nitrogens with zero attached hydrogens (tertiary/aromatic N) is 1. The number of nitrogens with two attached hydrogens (primary N) is 1. The fourth-order valence-corrected chi connectivity index (χ4v) is 2.80. The van der Waals surface area contributed by atoms with Gasteiger partial charge in [-0.2, -0.15) is 0 Å². The Morgan fingerprint density at radius 3 is 2.81 bits per heavy atom. The zero-order valence-electron chi connectivity index (χ0n) is 12.4. The summed E-state index contributed by atoms with van der Waals surface area (Å²) >= 11 is 1.66. The number of ether oxygens (including phenoxy) is 1. The number of rotatable bonds is 6. The molecule has 0 spiro atoms. The van der Waals surface area contributed by atoms with Crippen LogP contribution in [0.15, 0.2) is 18.3 Å². The number of anilines is 2. The van der Waals surface area contributed by atoms with E-state index in [1.807, 2.05) is 20.0 Å². The Balaban J connectivity index is 2.19. The van der Waals surface area contributed by atoms with Crippen molar-refractivity contribution < 1.29 is 9.13 Å². The topological polar surface area (TPSA) is 60.2 Å². The van der Waals surface area contributed by atoms with Crippen LogP contribution in [0.4, 0.5) is 15.8 Å².